The zero-order valence-electron chi connectivity index (χ0n) is 10.3. The molecule has 0 spiro atoms. The van der Waals surface area contributed by atoms with Gasteiger partial charge < -0.3 is 9.53 Å². The second-order valence-electron chi connectivity index (χ2n) is 4.56. The van der Waals surface area contributed by atoms with Gasteiger partial charge in [0.25, 0.3) is 0 Å². The number of hydrogen-bond donors (Lipinski definition) is 0. The van der Waals surface area contributed by atoms with E-state index in [4.69, 9.17) is 4.74 Å². The lowest BCUT2D eigenvalue weighted by molar-refractivity contribution is -0.111. The van der Waals surface area contributed by atoms with Gasteiger partial charge in [0.2, 0.25) is 0 Å². The Morgan fingerprint density at radius 1 is 1.41 bits per heavy atom. The van der Waals surface area contributed by atoms with Crippen LogP contribution in [-0.2, 0) is 4.79 Å². The van der Waals surface area contributed by atoms with Crippen molar-refractivity contribution in [3.63, 3.8) is 0 Å². The first-order valence-electron chi connectivity index (χ1n) is 6.02. The van der Waals surface area contributed by atoms with Crippen LogP contribution in [0.3, 0.4) is 0 Å². The first-order valence-corrected chi connectivity index (χ1v) is 6.02. The van der Waals surface area contributed by atoms with E-state index in [2.05, 4.69) is 24.3 Å². The SMILES string of the molecule is COc1ccc([C@H]2C=CCC[C@H]2C=O)cc1C. The molecule has 0 aromatic heterocycles. The highest BCUT2D eigenvalue weighted by atomic mass is 16.5. The third kappa shape index (κ3) is 2.41. The minimum Gasteiger partial charge on any atom is -0.496 e. The van der Waals surface area contributed by atoms with Gasteiger partial charge in [-0.3, -0.25) is 0 Å². The summed E-state index contributed by atoms with van der Waals surface area (Å²) >= 11 is 0. The smallest absolute Gasteiger partial charge is 0.124 e. The highest BCUT2D eigenvalue weighted by Gasteiger charge is 2.22. The van der Waals surface area contributed by atoms with Crippen molar-refractivity contribution in [2.75, 3.05) is 7.11 Å². The van der Waals surface area contributed by atoms with Crippen LogP contribution in [-0.4, -0.2) is 13.4 Å². The van der Waals surface area contributed by atoms with Gasteiger partial charge in [0, 0.05) is 11.8 Å². The Labute approximate surface area is 102 Å². The van der Waals surface area contributed by atoms with E-state index in [1.165, 1.54) is 5.56 Å². The molecule has 1 aliphatic carbocycles. The number of allylic oxidation sites excluding steroid dienone is 2. The monoisotopic (exact) mass is 230 g/mol. The van der Waals surface area contributed by atoms with Crippen LogP contribution >= 0.6 is 0 Å². The Morgan fingerprint density at radius 2 is 2.24 bits per heavy atom. The molecule has 0 bridgehead atoms. The molecular formula is C15H18O2. The van der Waals surface area contributed by atoms with Crippen molar-refractivity contribution < 1.29 is 9.53 Å². The van der Waals surface area contributed by atoms with E-state index >= 15 is 0 Å². The van der Waals surface area contributed by atoms with Crippen molar-refractivity contribution in [3.8, 4) is 5.75 Å². The quantitative estimate of drug-likeness (QED) is 0.588. The highest BCUT2D eigenvalue weighted by Crippen LogP contribution is 2.34. The van der Waals surface area contributed by atoms with E-state index in [0.717, 1.165) is 30.4 Å². The molecule has 0 unspecified atom stereocenters. The van der Waals surface area contributed by atoms with Crippen molar-refractivity contribution in [3.05, 3.63) is 41.5 Å². The van der Waals surface area contributed by atoms with E-state index in [1.54, 1.807) is 7.11 Å². The number of benzene rings is 1. The number of hydrogen-bond acceptors (Lipinski definition) is 2. The molecule has 2 atom stereocenters. The number of aldehydes is 1. The second kappa shape index (κ2) is 5.17. The van der Waals surface area contributed by atoms with E-state index < -0.39 is 0 Å². The molecule has 0 aliphatic heterocycles. The standard InChI is InChI=1S/C15H18O2/c1-11-9-12(7-8-15(11)17-2)14-6-4-3-5-13(14)10-16/h4,6-10,13-14H,3,5H2,1-2H3/t13-,14+/m0/s1. The Bertz CT molecular complexity index is 435. The minimum absolute atomic E-state index is 0.118. The van der Waals surface area contributed by atoms with Gasteiger partial charge in [-0.15, -0.1) is 0 Å². The van der Waals surface area contributed by atoms with Crippen LogP contribution in [0.4, 0.5) is 0 Å². The molecule has 0 saturated heterocycles. The first-order chi connectivity index (χ1) is 8.26. The van der Waals surface area contributed by atoms with Crippen LogP contribution in [0.5, 0.6) is 5.75 Å². The van der Waals surface area contributed by atoms with E-state index in [9.17, 15) is 4.79 Å². The molecule has 0 amide bonds. The first kappa shape index (κ1) is 11.9. The van der Waals surface area contributed by atoms with Gasteiger partial charge in [-0.1, -0.05) is 24.3 Å². The summed E-state index contributed by atoms with van der Waals surface area (Å²) in [5.74, 6) is 1.25. The summed E-state index contributed by atoms with van der Waals surface area (Å²) in [6.45, 7) is 2.03. The fraction of sp³-hybridized carbons (Fsp3) is 0.400. The molecule has 2 heteroatoms. The third-order valence-corrected chi connectivity index (χ3v) is 3.45. The summed E-state index contributed by atoms with van der Waals surface area (Å²) in [7, 11) is 1.68. The van der Waals surface area contributed by atoms with Gasteiger partial charge in [-0.2, -0.15) is 0 Å². The Hall–Kier alpha value is -1.57. The lowest BCUT2D eigenvalue weighted by Gasteiger charge is -2.24. The Kier molecular flexibility index (Phi) is 3.62. The fourth-order valence-electron chi connectivity index (χ4n) is 2.47. The number of methoxy groups -OCH3 is 1. The normalized spacial score (nSPS) is 23.4. The molecule has 0 radical (unpaired) electrons. The van der Waals surface area contributed by atoms with Crippen LogP contribution in [0.1, 0.15) is 29.9 Å². The zero-order valence-corrected chi connectivity index (χ0v) is 10.3. The average Bonchev–Trinajstić information content (AvgIpc) is 2.38. The van der Waals surface area contributed by atoms with Crippen LogP contribution < -0.4 is 4.74 Å². The molecule has 90 valence electrons. The van der Waals surface area contributed by atoms with Crippen LogP contribution in [0.2, 0.25) is 0 Å². The lowest BCUT2D eigenvalue weighted by Crippen LogP contribution is -2.15. The van der Waals surface area contributed by atoms with Crippen molar-refractivity contribution >= 4 is 6.29 Å². The summed E-state index contributed by atoms with van der Waals surface area (Å²) in [6, 6.07) is 6.16. The number of carbonyl (C=O) groups excluding carboxylic acids is 1. The Balaban J connectivity index is 2.32. The average molecular weight is 230 g/mol. The van der Waals surface area contributed by atoms with E-state index in [-0.39, 0.29) is 11.8 Å². The van der Waals surface area contributed by atoms with Gasteiger partial charge in [-0.25, -0.2) is 0 Å². The molecule has 2 nitrogen and oxygen atoms in total. The van der Waals surface area contributed by atoms with Gasteiger partial charge in [-0.05, 0) is 37.0 Å². The molecule has 0 fully saturated rings. The lowest BCUT2D eigenvalue weighted by atomic mass is 9.80. The summed E-state index contributed by atoms with van der Waals surface area (Å²) < 4.78 is 5.25. The predicted molar refractivity (Wildman–Crippen MR) is 68.4 cm³/mol. The predicted octanol–water partition coefficient (Wildman–Crippen LogP) is 3.25. The maximum atomic E-state index is 11.1. The molecule has 1 aliphatic rings. The summed E-state index contributed by atoms with van der Waals surface area (Å²) in [4.78, 5) is 11.1. The second-order valence-corrected chi connectivity index (χ2v) is 4.56. The molecule has 0 N–H and O–H groups in total. The van der Waals surface area contributed by atoms with Gasteiger partial charge >= 0.3 is 0 Å². The molecule has 0 heterocycles. The topological polar surface area (TPSA) is 26.3 Å². The van der Waals surface area contributed by atoms with Gasteiger partial charge in [0.15, 0.2) is 0 Å². The highest BCUT2D eigenvalue weighted by molar-refractivity contribution is 5.58. The van der Waals surface area contributed by atoms with Gasteiger partial charge in [0.05, 0.1) is 7.11 Å². The molecule has 2 rings (SSSR count). The van der Waals surface area contributed by atoms with Crippen LogP contribution in [0.15, 0.2) is 30.4 Å². The maximum absolute atomic E-state index is 11.1. The maximum Gasteiger partial charge on any atom is 0.124 e. The number of aryl methyl sites for hydroxylation is 1. The molecule has 17 heavy (non-hydrogen) atoms. The number of rotatable bonds is 3. The zero-order chi connectivity index (χ0) is 12.3. The molecule has 0 saturated carbocycles. The van der Waals surface area contributed by atoms with E-state index in [0.29, 0.717) is 0 Å². The summed E-state index contributed by atoms with van der Waals surface area (Å²) in [5.41, 5.74) is 2.32. The minimum atomic E-state index is 0.118. The largest absolute Gasteiger partial charge is 0.496 e. The fourth-order valence-corrected chi connectivity index (χ4v) is 2.47. The molecule has 1 aromatic rings. The van der Waals surface area contributed by atoms with Crippen molar-refractivity contribution in [2.45, 2.75) is 25.7 Å². The van der Waals surface area contributed by atoms with Crippen molar-refractivity contribution in [1.29, 1.82) is 0 Å². The van der Waals surface area contributed by atoms with Crippen LogP contribution in [0.25, 0.3) is 0 Å². The van der Waals surface area contributed by atoms with Crippen LogP contribution in [0, 0.1) is 12.8 Å². The summed E-state index contributed by atoms with van der Waals surface area (Å²) in [5, 5.41) is 0. The Morgan fingerprint density at radius 3 is 2.88 bits per heavy atom. The van der Waals surface area contributed by atoms with Crippen molar-refractivity contribution in [1.82, 2.24) is 0 Å². The summed E-state index contributed by atoms with van der Waals surface area (Å²) in [6.07, 6.45) is 7.38. The van der Waals surface area contributed by atoms with E-state index in [1.807, 2.05) is 13.0 Å². The molecule has 1 aromatic carbocycles. The number of ether oxygens (including phenoxy) is 1. The third-order valence-electron chi connectivity index (χ3n) is 3.45. The van der Waals surface area contributed by atoms with Crippen molar-refractivity contribution in [2.24, 2.45) is 5.92 Å². The number of carbonyl (C=O) groups is 1. The molecular weight excluding hydrogens is 212 g/mol. The van der Waals surface area contributed by atoms with Gasteiger partial charge in [0.1, 0.15) is 12.0 Å².